The molecule has 4 heteroatoms. The van der Waals surface area contributed by atoms with Gasteiger partial charge in [-0.3, -0.25) is 0 Å². The number of hydrogen-bond acceptors (Lipinski definition) is 3. The zero-order chi connectivity index (χ0) is 14.4. The monoisotopic (exact) mass is 280 g/mol. The average molecular weight is 280 g/mol. The predicted molar refractivity (Wildman–Crippen MR) is 79.1 cm³/mol. The molecule has 2 N–H and O–H groups in total. The normalized spacial score (nSPS) is 21.9. The van der Waals surface area contributed by atoms with E-state index in [1.165, 1.54) is 12.1 Å². The van der Waals surface area contributed by atoms with Crippen LogP contribution in [0.15, 0.2) is 24.3 Å². The van der Waals surface area contributed by atoms with Crippen molar-refractivity contribution in [3.63, 3.8) is 0 Å². The summed E-state index contributed by atoms with van der Waals surface area (Å²) in [5.74, 6) is -0.192. The fourth-order valence-electron chi connectivity index (χ4n) is 2.87. The Morgan fingerprint density at radius 3 is 2.80 bits per heavy atom. The number of likely N-dealkylation sites (tertiary alicyclic amines) is 1. The second kappa shape index (κ2) is 7.72. The van der Waals surface area contributed by atoms with E-state index in [0.29, 0.717) is 0 Å². The maximum absolute atomic E-state index is 13.0. The number of nitrogens with zero attached hydrogens (tertiary/aromatic N) is 1. The Morgan fingerprint density at radius 1 is 1.40 bits per heavy atom. The highest BCUT2D eigenvalue weighted by molar-refractivity contribution is 5.19. The molecule has 1 fully saturated rings. The van der Waals surface area contributed by atoms with Crippen molar-refractivity contribution >= 4 is 0 Å². The summed E-state index contributed by atoms with van der Waals surface area (Å²) >= 11 is 0. The first-order valence-corrected chi connectivity index (χ1v) is 7.58. The van der Waals surface area contributed by atoms with Crippen LogP contribution in [0.3, 0.4) is 0 Å². The van der Waals surface area contributed by atoms with Gasteiger partial charge in [0.2, 0.25) is 0 Å². The number of aliphatic hydroxyl groups is 1. The molecule has 1 aromatic carbocycles. The van der Waals surface area contributed by atoms with Crippen LogP contribution in [0, 0.1) is 5.82 Å². The minimum Gasteiger partial charge on any atom is -0.392 e. The molecule has 2 unspecified atom stereocenters. The summed E-state index contributed by atoms with van der Waals surface area (Å²) < 4.78 is 13.0. The minimum atomic E-state index is -0.192. The van der Waals surface area contributed by atoms with E-state index in [2.05, 4.69) is 17.1 Å². The maximum Gasteiger partial charge on any atom is 0.123 e. The lowest BCUT2D eigenvalue weighted by Crippen LogP contribution is -2.39. The lowest BCUT2D eigenvalue weighted by molar-refractivity contribution is 0.0685. The van der Waals surface area contributed by atoms with Crippen molar-refractivity contribution < 1.29 is 9.50 Å². The second-order valence-electron chi connectivity index (χ2n) is 5.55. The zero-order valence-electron chi connectivity index (χ0n) is 12.2. The van der Waals surface area contributed by atoms with Crippen LogP contribution in [0.25, 0.3) is 0 Å². The number of hydrogen-bond donors (Lipinski definition) is 2. The number of halogens is 1. The molecule has 0 bridgehead atoms. The van der Waals surface area contributed by atoms with Crippen molar-refractivity contribution in [2.45, 2.75) is 38.3 Å². The second-order valence-corrected chi connectivity index (χ2v) is 5.55. The van der Waals surface area contributed by atoms with Gasteiger partial charge in [0.25, 0.3) is 0 Å². The number of piperidine rings is 1. The van der Waals surface area contributed by atoms with E-state index >= 15 is 0 Å². The molecule has 112 valence electrons. The summed E-state index contributed by atoms with van der Waals surface area (Å²) in [5.41, 5.74) is 1.13. The van der Waals surface area contributed by atoms with E-state index in [4.69, 9.17) is 0 Å². The highest BCUT2D eigenvalue weighted by Gasteiger charge is 2.19. The van der Waals surface area contributed by atoms with Gasteiger partial charge in [-0.1, -0.05) is 19.1 Å². The molecule has 0 radical (unpaired) electrons. The number of nitrogens with one attached hydrogen (secondary N) is 1. The molecule has 0 spiro atoms. The van der Waals surface area contributed by atoms with Crippen molar-refractivity contribution in [1.29, 1.82) is 0 Å². The summed E-state index contributed by atoms with van der Waals surface area (Å²) in [4.78, 5) is 2.32. The van der Waals surface area contributed by atoms with Gasteiger partial charge in [-0.15, -0.1) is 0 Å². The topological polar surface area (TPSA) is 35.5 Å². The van der Waals surface area contributed by atoms with Crippen LogP contribution in [0.1, 0.15) is 37.8 Å². The molecule has 0 aliphatic carbocycles. The molecule has 2 rings (SSSR count). The smallest absolute Gasteiger partial charge is 0.123 e. The van der Waals surface area contributed by atoms with Crippen LogP contribution in [-0.4, -0.2) is 42.3 Å². The summed E-state index contributed by atoms with van der Waals surface area (Å²) in [6.07, 6.45) is 2.80. The molecular formula is C16H25FN2O. The van der Waals surface area contributed by atoms with Gasteiger partial charge in [0.1, 0.15) is 5.82 Å². The molecule has 0 saturated carbocycles. The molecular weight excluding hydrogens is 255 g/mol. The van der Waals surface area contributed by atoms with Crippen molar-refractivity contribution in [2.75, 3.05) is 26.2 Å². The Kier molecular flexibility index (Phi) is 5.95. The van der Waals surface area contributed by atoms with E-state index in [0.717, 1.165) is 51.0 Å². The Labute approximate surface area is 120 Å². The standard InChI is InChI=1S/C16H25FN2O/c1-2-18-16(13-5-7-14(17)8-6-13)9-11-19-10-3-4-15(20)12-19/h5-8,15-16,18,20H,2-4,9-12H2,1H3. The first-order chi connectivity index (χ1) is 9.69. The van der Waals surface area contributed by atoms with Crippen molar-refractivity contribution in [3.8, 4) is 0 Å². The number of benzene rings is 1. The van der Waals surface area contributed by atoms with Crippen LogP contribution < -0.4 is 5.32 Å². The van der Waals surface area contributed by atoms with Gasteiger partial charge in [-0.2, -0.15) is 0 Å². The summed E-state index contributed by atoms with van der Waals surface area (Å²) in [7, 11) is 0. The third kappa shape index (κ3) is 4.54. The first-order valence-electron chi connectivity index (χ1n) is 7.58. The molecule has 1 heterocycles. The van der Waals surface area contributed by atoms with Crippen LogP contribution in [-0.2, 0) is 0 Å². The summed E-state index contributed by atoms with van der Waals surface area (Å²) in [5, 5.41) is 13.2. The Balaban J connectivity index is 1.90. The van der Waals surface area contributed by atoms with Crippen LogP contribution in [0.2, 0.25) is 0 Å². The quantitative estimate of drug-likeness (QED) is 0.839. The SMILES string of the molecule is CCNC(CCN1CCCC(O)C1)c1ccc(F)cc1. The van der Waals surface area contributed by atoms with Gasteiger partial charge in [-0.25, -0.2) is 4.39 Å². The van der Waals surface area contributed by atoms with Crippen LogP contribution in [0.4, 0.5) is 4.39 Å². The van der Waals surface area contributed by atoms with Crippen molar-refractivity contribution in [1.82, 2.24) is 10.2 Å². The lowest BCUT2D eigenvalue weighted by atomic mass is 10.0. The molecule has 1 aliphatic rings. The molecule has 20 heavy (non-hydrogen) atoms. The fourth-order valence-corrected chi connectivity index (χ4v) is 2.87. The molecule has 1 saturated heterocycles. The van der Waals surface area contributed by atoms with E-state index < -0.39 is 0 Å². The summed E-state index contributed by atoms with van der Waals surface area (Å²) in [6.45, 7) is 5.79. The van der Waals surface area contributed by atoms with Crippen LogP contribution in [0.5, 0.6) is 0 Å². The molecule has 1 aliphatic heterocycles. The van der Waals surface area contributed by atoms with E-state index in [9.17, 15) is 9.50 Å². The van der Waals surface area contributed by atoms with Gasteiger partial charge >= 0.3 is 0 Å². The average Bonchev–Trinajstić information content (AvgIpc) is 2.44. The van der Waals surface area contributed by atoms with E-state index in [1.807, 2.05) is 12.1 Å². The van der Waals surface area contributed by atoms with Gasteiger partial charge in [0.05, 0.1) is 6.10 Å². The fraction of sp³-hybridized carbons (Fsp3) is 0.625. The predicted octanol–water partition coefficient (Wildman–Crippen LogP) is 2.32. The van der Waals surface area contributed by atoms with Gasteiger partial charge < -0.3 is 15.3 Å². The number of aliphatic hydroxyl groups excluding tert-OH is 1. The molecule has 2 atom stereocenters. The van der Waals surface area contributed by atoms with Gasteiger partial charge in [-0.05, 0) is 50.0 Å². The van der Waals surface area contributed by atoms with Crippen LogP contribution >= 0.6 is 0 Å². The maximum atomic E-state index is 13.0. The third-order valence-electron chi connectivity index (χ3n) is 3.94. The molecule has 1 aromatic rings. The Morgan fingerprint density at radius 2 is 2.15 bits per heavy atom. The Bertz CT molecular complexity index is 396. The van der Waals surface area contributed by atoms with Gasteiger partial charge in [0.15, 0.2) is 0 Å². The first kappa shape index (κ1) is 15.4. The molecule has 3 nitrogen and oxygen atoms in total. The lowest BCUT2D eigenvalue weighted by Gasteiger charge is -2.31. The summed E-state index contributed by atoms with van der Waals surface area (Å²) in [6, 6.07) is 7.00. The highest BCUT2D eigenvalue weighted by atomic mass is 19.1. The Hall–Kier alpha value is -0.970. The van der Waals surface area contributed by atoms with Gasteiger partial charge in [0, 0.05) is 19.1 Å². The van der Waals surface area contributed by atoms with Crippen molar-refractivity contribution in [3.05, 3.63) is 35.6 Å². The number of β-amino-alcohol motifs (C(OH)–C–C–N with tert-alkyl or cyclic N) is 1. The molecule has 0 amide bonds. The van der Waals surface area contributed by atoms with E-state index in [1.54, 1.807) is 0 Å². The minimum absolute atomic E-state index is 0.174. The third-order valence-corrected chi connectivity index (χ3v) is 3.94. The van der Waals surface area contributed by atoms with E-state index in [-0.39, 0.29) is 18.0 Å². The molecule has 0 aromatic heterocycles. The highest BCUT2D eigenvalue weighted by Crippen LogP contribution is 2.19. The largest absolute Gasteiger partial charge is 0.392 e. The van der Waals surface area contributed by atoms with Crippen molar-refractivity contribution in [2.24, 2.45) is 0 Å². The number of rotatable bonds is 6. The zero-order valence-corrected chi connectivity index (χ0v) is 12.2.